The van der Waals surface area contributed by atoms with Crippen molar-refractivity contribution < 1.29 is 4.74 Å². The van der Waals surface area contributed by atoms with Gasteiger partial charge in [0.05, 0.1) is 0 Å². The van der Waals surface area contributed by atoms with Crippen molar-refractivity contribution >= 4 is 0 Å². The van der Waals surface area contributed by atoms with Crippen LogP contribution in [0.3, 0.4) is 0 Å². The molecule has 0 fully saturated rings. The number of hydrogen-bond donors (Lipinski definition) is 1. The number of aryl methyl sites for hydroxylation is 1. The van der Waals surface area contributed by atoms with E-state index in [0.717, 1.165) is 13.0 Å². The summed E-state index contributed by atoms with van der Waals surface area (Å²) >= 11 is 0. The number of rotatable bonds is 7. The molecule has 0 aliphatic rings. The molecule has 0 aliphatic carbocycles. The lowest BCUT2D eigenvalue weighted by atomic mass is 10.1. The molecule has 0 atom stereocenters. The van der Waals surface area contributed by atoms with Crippen molar-refractivity contribution in [3.63, 3.8) is 0 Å². The zero-order chi connectivity index (χ0) is 14.4. The summed E-state index contributed by atoms with van der Waals surface area (Å²) in [4.78, 5) is 4.06. The van der Waals surface area contributed by atoms with Crippen LogP contribution in [0.5, 0.6) is 6.01 Å². The lowest BCUT2D eigenvalue weighted by Crippen LogP contribution is -2.25. The first-order valence-corrected chi connectivity index (χ1v) is 6.94. The second kappa shape index (κ2) is 7.05. The second-order valence-electron chi connectivity index (χ2n) is 5.12. The number of aromatic nitrogens is 3. The number of ether oxygens (including phenoxy) is 1. The summed E-state index contributed by atoms with van der Waals surface area (Å²) in [6, 6.07) is 9.26. The third-order valence-corrected chi connectivity index (χ3v) is 3.00. The fraction of sp³-hybridized carbons (Fsp3) is 0.467. The van der Waals surface area contributed by atoms with Gasteiger partial charge in [0.1, 0.15) is 12.9 Å². The van der Waals surface area contributed by atoms with Crippen LogP contribution >= 0.6 is 0 Å². The Bertz CT molecular complexity index is 536. The van der Waals surface area contributed by atoms with Gasteiger partial charge in [0.25, 0.3) is 0 Å². The Balaban J connectivity index is 1.93. The van der Waals surface area contributed by atoms with Crippen LogP contribution < -0.4 is 10.1 Å². The highest BCUT2D eigenvalue weighted by Gasteiger charge is 2.05. The standard InChI is InChI=1S/C15H22N4O/c1-12(2)16-9-8-13-6-4-5-7-14(13)10-20-15-17-11-19(3)18-15/h4-7,11-12,16H,8-10H2,1-3H3. The quantitative estimate of drug-likeness (QED) is 0.838. The first kappa shape index (κ1) is 14.5. The number of benzene rings is 1. The van der Waals surface area contributed by atoms with E-state index in [2.05, 4.69) is 47.4 Å². The summed E-state index contributed by atoms with van der Waals surface area (Å²) in [5, 5.41) is 7.54. The molecule has 0 spiro atoms. The molecule has 0 radical (unpaired) electrons. The van der Waals surface area contributed by atoms with Gasteiger partial charge in [0, 0.05) is 13.1 Å². The molecular weight excluding hydrogens is 252 g/mol. The minimum atomic E-state index is 0.419. The molecule has 1 aromatic heterocycles. The van der Waals surface area contributed by atoms with E-state index in [1.54, 1.807) is 11.0 Å². The van der Waals surface area contributed by atoms with Crippen molar-refractivity contribution in [3.05, 3.63) is 41.7 Å². The summed E-state index contributed by atoms with van der Waals surface area (Å²) < 4.78 is 7.25. The fourth-order valence-corrected chi connectivity index (χ4v) is 1.97. The Morgan fingerprint density at radius 2 is 2.00 bits per heavy atom. The Morgan fingerprint density at radius 1 is 1.25 bits per heavy atom. The molecule has 0 bridgehead atoms. The molecule has 0 unspecified atom stereocenters. The predicted octanol–water partition coefficient (Wildman–Crippen LogP) is 1.93. The zero-order valence-corrected chi connectivity index (χ0v) is 12.3. The predicted molar refractivity (Wildman–Crippen MR) is 78.6 cm³/mol. The molecule has 0 saturated carbocycles. The zero-order valence-electron chi connectivity index (χ0n) is 12.3. The van der Waals surface area contributed by atoms with Crippen LogP contribution in [-0.2, 0) is 20.1 Å². The second-order valence-corrected chi connectivity index (χ2v) is 5.12. The molecule has 20 heavy (non-hydrogen) atoms. The molecule has 1 aromatic carbocycles. The van der Waals surface area contributed by atoms with E-state index in [1.165, 1.54) is 11.1 Å². The van der Waals surface area contributed by atoms with Crippen molar-refractivity contribution in [3.8, 4) is 6.01 Å². The van der Waals surface area contributed by atoms with Crippen LogP contribution in [0.25, 0.3) is 0 Å². The van der Waals surface area contributed by atoms with Crippen LogP contribution in [0, 0.1) is 0 Å². The van der Waals surface area contributed by atoms with E-state index in [-0.39, 0.29) is 0 Å². The third-order valence-electron chi connectivity index (χ3n) is 3.00. The van der Waals surface area contributed by atoms with Crippen LogP contribution in [0.1, 0.15) is 25.0 Å². The Kier molecular flexibility index (Phi) is 5.12. The first-order valence-electron chi connectivity index (χ1n) is 6.94. The monoisotopic (exact) mass is 274 g/mol. The topological polar surface area (TPSA) is 52.0 Å². The van der Waals surface area contributed by atoms with Crippen LogP contribution in [-0.4, -0.2) is 27.4 Å². The van der Waals surface area contributed by atoms with Crippen molar-refractivity contribution in [1.29, 1.82) is 0 Å². The summed E-state index contributed by atoms with van der Waals surface area (Å²) in [5.74, 6) is 0. The SMILES string of the molecule is CC(C)NCCc1ccccc1COc1ncn(C)n1. The molecule has 0 saturated heterocycles. The van der Waals surface area contributed by atoms with Gasteiger partial charge in [-0.2, -0.15) is 4.98 Å². The van der Waals surface area contributed by atoms with E-state index in [0.29, 0.717) is 18.7 Å². The van der Waals surface area contributed by atoms with Crippen LogP contribution in [0.2, 0.25) is 0 Å². The largest absolute Gasteiger partial charge is 0.458 e. The molecule has 0 aliphatic heterocycles. The Labute approximate surface area is 120 Å². The van der Waals surface area contributed by atoms with Crippen molar-refractivity contribution in [1.82, 2.24) is 20.1 Å². The van der Waals surface area contributed by atoms with Gasteiger partial charge in [-0.3, -0.25) is 4.68 Å². The van der Waals surface area contributed by atoms with Gasteiger partial charge >= 0.3 is 6.01 Å². The van der Waals surface area contributed by atoms with Crippen LogP contribution in [0.15, 0.2) is 30.6 Å². The molecule has 1 N–H and O–H groups in total. The highest BCUT2D eigenvalue weighted by atomic mass is 16.5. The minimum absolute atomic E-state index is 0.419. The van der Waals surface area contributed by atoms with Gasteiger partial charge < -0.3 is 10.1 Å². The highest BCUT2D eigenvalue weighted by molar-refractivity contribution is 5.27. The average Bonchev–Trinajstić information content (AvgIpc) is 2.83. The van der Waals surface area contributed by atoms with Crippen molar-refractivity contribution in [2.75, 3.05) is 6.54 Å². The molecule has 2 aromatic rings. The van der Waals surface area contributed by atoms with E-state index in [1.807, 2.05) is 13.1 Å². The number of nitrogens with zero attached hydrogens (tertiary/aromatic N) is 3. The average molecular weight is 274 g/mol. The van der Waals surface area contributed by atoms with E-state index in [4.69, 9.17) is 4.74 Å². The van der Waals surface area contributed by atoms with Gasteiger partial charge in [0.2, 0.25) is 0 Å². The third kappa shape index (κ3) is 4.35. The lowest BCUT2D eigenvalue weighted by molar-refractivity contribution is 0.279. The summed E-state index contributed by atoms with van der Waals surface area (Å²) in [6.45, 7) is 5.78. The number of nitrogens with one attached hydrogen (secondary N) is 1. The summed E-state index contributed by atoms with van der Waals surface area (Å²) in [6.07, 6.45) is 2.63. The van der Waals surface area contributed by atoms with Crippen LogP contribution in [0.4, 0.5) is 0 Å². The summed E-state index contributed by atoms with van der Waals surface area (Å²) in [5.41, 5.74) is 2.49. The van der Waals surface area contributed by atoms with Gasteiger partial charge in [-0.05, 0) is 24.1 Å². The maximum atomic E-state index is 5.62. The van der Waals surface area contributed by atoms with Gasteiger partial charge in [-0.1, -0.05) is 38.1 Å². The molecule has 2 rings (SSSR count). The Morgan fingerprint density at radius 3 is 2.65 bits per heavy atom. The van der Waals surface area contributed by atoms with Gasteiger partial charge in [-0.15, -0.1) is 5.10 Å². The number of hydrogen-bond acceptors (Lipinski definition) is 4. The maximum Gasteiger partial charge on any atom is 0.335 e. The van der Waals surface area contributed by atoms with E-state index < -0.39 is 0 Å². The maximum absolute atomic E-state index is 5.62. The highest BCUT2D eigenvalue weighted by Crippen LogP contribution is 2.12. The smallest absolute Gasteiger partial charge is 0.335 e. The Hall–Kier alpha value is -1.88. The van der Waals surface area contributed by atoms with Gasteiger partial charge in [0.15, 0.2) is 0 Å². The van der Waals surface area contributed by atoms with E-state index >= 15 is 0 Å². The first-order chi connectivity index (χ1) is 9.65. The molecule has 0 amide bonds. The normalized spacial score (nSPS) is 11.0. The van der Waals surface area contributed by atoms with Crippen molar-refractivity contribution in [2.24, 2.45) is 7.05 Å². The minimum Gasteiger partial charge on any atom is -0.458 e. The fourth-order valence-electron chi connectivity index (χ4n) is 1.97. The van der Waals surface area contributed by atoms with E-state index in [9.17, 15) is 0 Å². The molecule has 108 valence electrons. The molecule has 5 nitrogen and oxygen atoms in total. The lowest BCUT2D eigenvalue weighted by Gasteiger charge is -2.11. The van der Waals surface area contributed by atoms with Gasteiger partial charge in [-0.25, -0.2) is 0 Å². The summed E-state index contributed by atoms with van der Waals surface area (Å²) in [7, 11) is 1.82. The molecule has 1 heterocycles. The molecule has 5 heteroatoms. The van der Waals surface area contributed by atoms with Crippen molar-refractivity contribution in [2.45, 2.75) is 32.9 Å². The molecular formula is C15H22N4O.